The number of thiol groups is 1. The van der Waals surface area contributed by atoms with E-state index in [0.29, 0.717) is 45.4 Å². The monoisotopic (exact) mass is 1550 g/mol. The van der Waals surface area contributed by atoms with Gasteiger partial charge in [-0.05, 0) is 164 Å². The molecule has 101 heavy (non-hydrogen) atoms. The van der Waals surface area contributed by atoms with Gasteiger partial charge in [0.25, 0.3) is 5.69 Å². The number of rotatable bonds is 8. The summed E-state index contributed by atoms with van der Waals surface area (Å²) in [6.45, 7) is 15.8. The molecule has 12 aromatic rings. The number of amides is 1. The lowest BCUT2D eigenvalue weighted by Gasteiger charge is -2.21. The second-order valence-corrected chi connectivity index (χ2v) is 25.3. The largest absolute Gasteiger partial charge is 0.468 e. The zero-order chi connectivity index (χ0) is 74.3. The van der Waals surface area contributed by atoms with Crippen molar-refractivity contribution in [3.63, 3.8) is 0 Å². The number of aromatic nitrogens is 5. The molecule has 5 aromatic carbocycles. The van der Waals surface area contributed by atoms with Crippen molar-refractivity contribution in [2.24, 2.45) is 5.73 Å². The molecule has 7 N–H and O–H groups in total. The van der Waals surface area contributed by atoms with E-state index in [0.717, 1.165) is 83.6 Å². The number of nitro benzene ring substituents is 1. The second-order valence-electron chi connectivity index (χ2n) is 21.2. The molecule has 0 fully saturated rings. The van der Waals surface area contributed by atoms with E-state index in [1.165, 1.54) is 56.1 Å². The number of carbonyl (C=O) groups excluding carboxylic acids is 5. The lowest BCUT2D eigenvalue weighted by molar-refractivity contribution is -0.384. The third-order valence-electron chi connectivity index (χ3n) is 13.2. The number of esters is 4. The summed E-state index contributed by atoms with van der Waals surface area (Å²) in [6.07, 6.45) is 8.15. The number of hydrogen-bond donors (Lipinski definition) is 5. The molecule has 0 saturated carbocycles. The number of hydrogen-bond acceptors (Lipinski definition) is 25. The van der Waals surface area contributed by atoms with Crippen LogP contribution in [0.5, 0.6) is 0 Å². The number of halogens is 2. The molecule has 30 heteroatoms. The van der Waals surface area contributed by atoms with Crippen LogP contribution in [-0.4, -0.2) is 118 Å². The third-order valence-corrected chi connectivity index (χ3v) is 17.4. The molecule has 0 unspecified atom stereocenters. The zero-order valence-corrected chi connectivity index (χ0v) is 61.3. The number of pyridine rings is 5. The van der Waals surface area contributed by atoms with E-state index in [2.05, 4.69) is 101 Å². The fourth-order valence-electron chi connectivity index (χ4n) is 8.57. The van der Waals surface area contributed by atoms with E-state index in [-0.39, 0.29) is 36.0 Å². The number of nitro groups is 1. The summed E-state index contributed by atoms with van der Waals surface area (Å²) in [6, 6.07) is 42.5. The lowest BCUT2D eigenvalue weighted by Crippen LogP contribution is -2.41. The Morgan fingerprint density at radius 2 is 1.14 bits per heavy atom. The van der Waals surface area contributed by atoms with Gasteiger partial charge in [-0.3, -0.25) is 39.8 Å². The Balaban J connectivity index is 0.000000212. The quantitative estimate of drug-likeness (QED) is 0.0179. The fraction of sp³-hybridized carbons (Fsp3) is 0.197. The van der Waals surface area contributed by atoms with Crippen LogP contribution in [0.3, 0.4) is 0 Å². The Morgan fingerprint density at radius 1 is 0.673 bits per heavy atom. The van der Waals surface area contributed by atoms with E-state index < -0.39 is 28.6 Å². The van der Waals surface area contributed by atoms with Crippen LogP contribution < -0.4 is 22.5 Å². The molecule has 0 saturated heterocycles. The Hall–Kier alpha value is -11.0. The van der Waals surface area contributed by atoms with E-state index in [1.807, 2.05) is 113 Å². The SMILES string of the molecule is COC(=O)CS.COC(=O)c1sc2ccc3ncccc3c2c1Br.COC(=O)c1sc2ccc3ncccc3c2c1N.C[C@H](CN)NC(=O)OC(C)(C)C.N#Cc1c(Br)ccc2ncccc12.N#Cc1c(N)ccc2ncccc12.O=[N+]([O-])c1ccc2ncccc2c1.[C-]#[N+]CC(=O)OCC. The van der Waals surface area contributed by atoms with E-state index in [4.69, 9.17) is 48.5 Å². The van der Waals surface area contributed by atoms with Crippen molar-refractivity contribution < 1.29 is 52.6 Å². The number of nitrogens with zero attached hydrogens (tertiary/aromatic N) is 9. The molecule has 0 aliphatic carbocycles. The van der Waals surface area contributed by atoms with Crippen molar-refractivity contribution in [2.45, 2.75) is 46.3 Å². The maximum Gasteiger partial charge on any atom is 0.407 e. The number of benzene rings is 5. The molecule has 1 atom stereocenters. The van der Waals surface area contributed by atoms with Crippen molar-refractivity contribution in [1.82, 2.24) is 30.2 Å². The van der Waals surface area contributed by atoms with Gasteiger partial charge in [-0.25, -0.2) is 25.8 Å². The topological polar surface area (TPSA) is 381 Å². The Bertz CT molecular complexity index is 4820. The smallest absolute Gasteiger partial charge is 0.407 e. The second kappa shape index (κ2) is 40.1. The van der Waals surface area contributed by atoms with Gasteiger partial charge < -0.3 is 51.0 Å². The van der Waals surface area contributed by atoms with Crippen molar-refractivity contribution in [1.29, 1.82) is 10.5 Å². The average Bonchev–Trinajstić information content (AvgIpc) is 1.63. The number of fused-ring (bicyclic) bond motifs is 9. The van der Waals surface area contributed by atoms with E-state index in [9.17, 15) is 34.1 Å². The summed E-state index contributed by atoms with van der Waals surface area (Å²) in [4.78, 5) is 89.3. The van der Waals surface area contributed by atoms with Crippen molar-refractivity contribution in [3.05, 3.63) is 210 Å². The number of carbonyl (C=O) groups is 5. The average molecular weight is 1550 g/mol. The van der Waals surface area contributed by atoms with Crippen LogP contribution in [0, 0.1) is 39.3 Å². The van der Waals surface area contributed by atoms with Crippen molar-refractivity contribution in [2.75, 3.05) is 58.2 Å². The summed E-state index contributed by atoms with van der Waals surface area (Å²) in [7, 11) is 4.07. The molecule has 1 amide bonds. The zero-order valence-electron chi connectivity index (χ0n) is 55.6. The summed E-state index contributed by atoms with van der Waals surface area (Å²) < 4.78 is 26.7. The first-order chi connectivity index (χ1) is 48.3. The van der Waals surface area contributed by atoms with Crippen LogP contribution in [0.2, 0.25) is 0 Å². The number of nitrogen functional groups attached to an aromatic ring is 2. The number of nitrogens with two attached hydrogens (primary N) is 3. The maximum atomic E-state index is 11.7. The molecule has 0 radical (unpaired) electrons. The van der Waals surface area contributed by atoms with Gasteiger partial charge in [-0.1, -0.05) is 18.2 Å². The number of thiophene rings is 2. The van der Waals surface area contributed by atoms with Crippen LogP contribution in [0.1, 0.15) is 65.1 Å². The predicted octanol–water partition coefficient (Wildman–Crippen LogP) is 14.9. The molecule has 520 valence electrons. The minimum Gasteiger partial charge on any atom is -0.468 e. The van der Waals surface area contributed by atoms with Gasteiger partial charge in [-0.2, -0.15) is 23.2 Å². The van der Waals surface area contributed by atoms with Gasteiger partial charge in [0, 0.05) is 107 Å². The number of anilines is 2. The van der Waals surface area contributed by atoms with Crippen LogP contribution in [-0.2, 0) is 33.3 Å². The molecular weight excluding hydrogens is 1480 g/mol. The van der Waals surface area contributed by atoms with Crippen LogP contribution in [0.15, 0.2) is 167 Å². The first-order valence-electron chi connectivity index (χ1n) is 29.8. The van der Waals surface area contributed by atoms with E-state index >= 15 is 0 Å². The minimum absolute atomic E-state index is 0.0418. The highest BCUT2D eigenvalue weighted by molar-refractivity contribution is 9.11. The third kappa shape index (κ3) is 23.3. The highest BCUT2D eigenvalue weighted by Crippen LogP contribution is 2.41. The molecule has 0 aliphatic rings. The van der Waals surface area contributed by atoms with Gasteiger partial charge in [0.2, 0.25) is 0 Å². The molecule has 0 aliphatic heterocycles. The number of non-ortho nitro benzene ring substituents is 1. The van der Waals surface area contributed by atoms with Crippen LogP contribution >= 0.6 is 67.2 Å². The minimum atomic E-state index is -0.446. The van der Waals surface area contributed by atoms with Crippen LogP contribution in [0.25, 0.3) is 79.5 Å². The first-order valence-corrected chi connectivity index (χ1v) is 33.7. The summed E-state index contributed by atoms with van der Waals surface area (Å²) in [5, 5.41) is 37.2. The molecule has 0 bridgehead atoms. The highest BCUT2D eigenvalue weighted by atomic mass is 79.9. The normalized spacial score (nSPS) is 10.4. The first kappa shape index (κ1) is 80.6. The Labute approximate surface area is 610 Å². The van der Waals surface area contributed by atoms with Crippen molar-refractivity contribution in [3.8, 4) is 12.1 Å². The molecule has 25 nitrogen and oxygen atoms in total. The van der Waals surface area contributed by atoms with E-state index in [1.54, 1.807) is 68.2 Å². The van der Waals surface area contributed by atoms with Gasteiger partial charge in [0.05, 0.1) is 93.2 Å². The Kier molecular flexibility index (Phi) is 32.0. The number of nitriles is 2. The number of alkyl carbamates (subject to hydrolysis) is 1. The number of nitrogens with one attached hydrogen (secondary N) is 1. The lowest BCUT2D eigenvalue weighted by atomic mass is 10.1. The molecule has 7 aromatic heterocycles. The van der Waals surface area contributed by atoms with Gasteiger partial charge in [-0.15, -0.1) is 22.7 Å². The molecule has 7 heterocycles. The molecule has 0 spiro atoms. The number of methoxy groups -OCH3 is 3. The summed E-state index contributed by atoms with van der Waals surface area (Å²) in [5.74, 6) is -1.29. The highest BCUT2D eigenvalue weighted by Gasteiger charge is 2.21. The molecule has 12 rings (SSSR count). The van der Waals surface area contributed by atoms with Crippen LogP contribution in [0.4, 0.5) is 21.9 Å². The fourth-order valence-corrected chi connectivity index (χ4v) is 12.2. The summed E-state index contributed by atoms with van der Waals surface area (Å²) >= 11 is 13.2. The van der Waals surface area contributed by atoms with Crippen molar-refractivity contribution >= 4 is 189 Å². The maximum absolute atomic E-state index is 11.7. The standard InChI is InChI=1S/C13H8BrNO2S.C13H10N2O2S.C10H5BrN2.C10H7N3.C9H6N2O2.C8H18N2O2.C5H7NO2.C3H6O2S/c2*1-17-13(16)12-11(14)10-7-3-2-6-15-8(7)4-5-9(10)18-12;11-9-3-4-10-7(8(9)6-12)2-1-5-13-10;11-6-8-7-2-1-5-13-10(7)4-3-9(8)12;12-11(13)8-3-4-9-7(6-8)2-1-5-10-9;1-6(5-9)10-7(11)12-8(2,3)4;1-3-8-5(7)4-6-2;1-5-3(4)2-6/h2-6H,1H3;2-6H,14H2,1H3;1-5H;1-5H,12H2;1-6H;6H,5,9H2,1-4H3,(H,10,11);3-4H2,1H3;6H,2H2,1H3/t;;;;;6-;;/m.....1../s1. The Morgan fingerprint density at radius 3 is 1.62 bits per heavy atom. The van der Waals surface area contributed by atoms with Gasteiger partial charge >= 0.3 is 36.5 Å². The summed E-state index contributed by atoms with van der Waals surface area (Å²) in [5.41, 5.74) is 23.0. The van der Waals surface area contributed by atoms with Gasteiger partial charge in [0.15, 0.2) is 0 Å². The molecular formula is C71H67Br2N13O12S3. The van der Waals surface area contributed by atoms with Gasteiger partial charge in [0.1, 0.15) is 27.5 Å². The number of ether oxygens (including phenoxy) is 5. The predicted molar refractivity (Wildman–Crippen MR) is 404 cm³/mol.